The first kappa shape index (κ1) is 25.8. The van der Waals surface area contributed by atoms with Crippen molar-refractivity contribution in [2.45, 2.75) is 12.5 Å². The average molecular weight is 515 g/mol. The highest BCUT2D eigenvalue weighted by atomic mass is 19.3. The molecule has 1 aromatic rings. The number of nitrogens with one attached hydrogen (secondary N) is 1. The van der Waals surface area contributed by atoms with E-state index >= 15 is 4.39 Å². The maximum absolute atomic E-state index is 15.1. The van der Waals surface area contributed by atoms with Crippen LogP contribution in [0, 0.1) is 5.82 Å². The molecule has 3 fully saturated rings. The van der Waals surface area contributed by atoms with Crippen LogP contribution in [0.5, 0.6) is 0 Å². The molecule has 3 saturated heterocycles. The molecule has 1 unspecified atom stereocenters. The molecule has 0 saturated carbocycles. The number of likely N-dealkylation sites (N-methyl/N-ethyl adjacent to an activating group) is 1. The highest BCUT2D eigenvalue weighted by molar-refractivity contribution is 5.90. The summed E-state index contributed by atoms with van der Waals surface area (Å²) in [5.41, 5.74) is 0.534. The predicted molar refractivity (Wildman–Crippen MR) is 122 cm³/mol. The number of cyclic esters (lactones) is 1. The topological polar surface area (TPSA) is 97.9 Å². The van der Waals surface area contributed by atoms with E-state index in [-0.39, 0.29) is 38.0 Å². The van der Waals surface area contributed by atoms with Gasteiger partial charge in [0, 0.05) is 39.3 Å². The van der Waals surface area contributed by atoms with Crippen LogP contribution in [0.25, 0.3) is 0 Å². The molecule has 3 heterocycles. The number of rotatable bonds is 5. The van der Waals surface area contributed by atoms with Gasteiger partial charge in [-0.3, -0.25) is 14.5 Å². The fourth-order valence-electron chi connectivity index (χ4n) is 4.25. The van der Waals surface area contributed by atoms with Gasteiger partial charge in [-0.15, -0.1) is 0 Å². The molecule has 14 heteroatoms. The first-order chi connectivity index (χ1) is 17.2. The van der Waals surface area contributed by atoms with Gasteiger partial charge in [0.05, 0.1) is 37.6 Å². The third-order valence-electron chi connectivity index (χ3n) is 6.33. The maximum Gasteiger partial charge on any atom is 0.414 e. The van der Waals surface area contributed by atoms with E-state index in [1.165, 1.54) is 22.1 Å². The van der Waals surface area contributed by atoms with E-state index in [1.807, 2.05) is 12.4 Å². The van der Waals surface area contributed by atoms with Crippen molar-refractivity contribution in [3.63, 3.8) is 0 Å². The lowest BCUT2D eigenvalue weighted by molar-refractivity contribution is -0.132. The van der Waals surface area contributed by atoms with Crippen molar-refractivity contribution in [1.29, 1.82) is 0 Å². The van der Waals surface area contributed by atoms with E-state index < -0.39 is 30.3 Å². The van der Waals surface area contributed by atoms with Crippen molar-refractivity contribution in [3.8, 4) is 0 Å². The van der Waals surface area contributed by atoms with Gasteiger partial charge < -0.3 is 24.8 Å². The summed E-state index contributed by atoms with van der Waals surface area (Å²) in [7, 11) is 2.00. The Labute approximate surface area is 206 Å². The smallest absolute Gasteiger partial charge is 0.414 e. The normalized spacial score (nSPS) is 21.6. The molecule has 4 amide bonds. The van der Waals surface area contributed by atoms with Crippen molar-refractivity contribution in [1.82, 2.24) is 20.2 Å². The monoisotopic (exact) mass is 514 g/mol. The molecular weight excluding hydrogens is 485 g/mol. The Morgan fingerprint density at radius 3 is 2.56 bits per heavy atom. The second-order valence-electron chi connectivity index (χ2n) is 8.79. The molecule has 0 spiro atoms. The van der Waals surface area contributed by atoms with Gasteiger partial charge in [-0.2, -0.15) is 8.78 Å². The van der Waals surface area contributed by atoms with Crippen LogP contribution < -0.4 is 15.1 Å². The zero-order valence-electron chi connectivity index (χ0n) is 19.9. The van der Waals surface area contributed by atoms with E-state index in [1.54, 1.807) is 15.9 Å². The summed E-state index contributed by atoms with van der Waals surface area (Å²) < 4.78 is 44.8. The third kappa shape index (κ3) is 5.93. The van der Waals surface area contributed by atoms with Crippen LogP contribution in [-0.2, 0) is 14.4 Å². The summed E-state index contributed by atoms with van der Waals surface area (Å²) in [4.78, 5) is 48.5. The lowest BCUT2D eigenvalue weighted by Gasteiger charge is -2.35. The summed E-state index contributed by atoms with van der Waals surface area (Å²) in [6, 6.07) is 4.07. The van der Waals surface area contributed by atoms with Gasteiger partial charge in [-0.05, 0) is 25.2 Å². The maximum atomic E-state index is 15.1. The molecule has 198 valence electrons. The fraction of sp³-hybridized carbons (Fsp3) is 0.591. The van der Waals surface area contributed by atoms with Crippen LogP contribution in [0.2, 0.25) is 0 Å². The van der Waals surface area contributed by atoms with Gasteiger partial charge in [0.15, 0.2) is 0 Å². The van der Waals surface area contributed by atoms with Crippen molar-refractivity contribution in [3.05, 3.63) is 24.0 Å². The Morgan fingerprint density at radius 1 is 1.11 bits per heavy atom. The number of amides is 4. The number of hydrogen-bond acceptors (Lipinski definition) is 7. The van der Waals surface area contributed by atoms with Crippen molar-refractivity contribution in [2.75, 3.05) is 82.4 Å². The summed E-state index contributed by atoms with van der Waals surface area (Å²) in [5.74, 6) is -2.03. The largest absolute Gasteiger partial charge is 0.442 e. The molecule has 0 aliphatic carbocycles. The second-order valence-corrected chi connectivity index (χ2v) is 8.79. The Kier molecular flexibility index (Phi) is 8.04. The fourth-order valence-corrected chi connectivity index (χ4v) is 4.25. The number of benzene rings is 1. The first-order valence-corrected chi connectivity index (χ1v) is 11.7. The number of hydrogen-bond donors (Lipinski definition) is 1. The number of piperazine rings is 1. The van der Waals surface area contributed by atoms with Gasteiger partial charge >= 0.3 is 18.5 Å². The molecule has 1 atom stereocenters. The minimum atomic E-state index is -3.17. The Morgan fingerprint density at radius 2 is 1.86 bits per heavy atom. The average Bonchev–Trinajstić information content (AvgIpc) is 3.06. The minimum Gasteiger partial charge on any atom is -0.442 e. The standard InChI is InChI=1S/C22H29F3N6O5/c1-27-4-6-29(7-5-27)21(33)31-9-8-28(10-11-35-31)18-3-2-15(12-17(18)23)30-14-16(36-22(30)34)13-26-20(32)19(24)25/h2-3,12,16,19H,4-11,13-14H2,1H3,(H,26,32). The van der Waals surface area contributed by atoms with Crippen LogP contribution in [0.3, 0.4) is 0 Å². The van der Waals surface area contributed by atoms with E-state index in [0.717, 1.165) is 13.1 Å². The Hall–Kier alpha value is -3.26. The van der Waals surface area contributed by atoms with E-state index in [4.69, 9.17) is 9.57 Å². The number of carbonyl (C=O) groups is 3. The number of ether oxygens (including phenoxy) is 1. The molecule has 0 aromatic heterocycles. The van der Waals surface area contributed by atoms with Crippen molar-refractivity contribution in [2.24, 2.45) is 0 Å². The number of urea groups is 1. The molecule has 3 aliphatic heterocycles. The minimum absolute atomic E-state index is 0.0257. The molecule has 4 rings (SSSR count). The van der Waals surface area contributed by atoms with Crippen LogP contribution in [0.4, 0.5) is 34.1 Å². The number of nitrogens with zero attached hydrogens (tertiary/aromatic N) is 5. The lowest BCUT2D eigenvalue weighted by Crippen LogP contribution is -2.52. The summed E-state index contributed by atoms with van der Waals surface area (Å²) >= 11 is 0. The van der Waals surface area contributed by atoms with Gasteiger partial charge in [0.1, 0.15) is 11.9 Å². The molecule has 1 N–H and O–H groups in total. The van der Waals surface area contributed by atoms with E-state index in [2.05, 4.69) is 4.90 Å². The Balaban J connectivity index is 1.34. The third-order valence-corrected chi connectivity index (χ3v) is 6.33. The lowest BCUT2D eigenvalue weighted by atomic mass is 10.2. The molecule has 11 nitrogen and oxygen atoms in total. The first-order valence-electron chi connectivity index (χ1n) is 11.7. The molecule has 36 heavy (non-hydrogen) atoms. The van der Waals surface area contributed by atoms with E-state index in [9.17, 15) is 23.2 Å². The predicted octanol–water partition coefficient (Wildman–Crippen LogP) is 0.953. The van der Waals surface area contributed by atoms with Crippen LogP contribution >= 0.6 is 0 Å². The molecule has 0 radical (unpaired) electrons. The Bertz CT molecular complexity index is 977. The number of halogens is 3. The highest BCUT2D eigenvalue weighted by Gasteiger charge is 2.34. The summed E-state index contributed by atoms with van der Waals surface area (Å²) in [5, 5.41) is 3.33. The summed E-state index contributed by atoms with van der Waals surface area (Å²) in [6.45, 7) is 3.69. The van der Waals surface area contributed by atoms with Crippen LogP contribution in [-0.4, -0.2) is 118 Å². The van der Waals surface area contributed by atoms with Crippen molar-refractivity contribution < 1.29 is 37.1 Å². The number of hydroxylamine groups is 2. The van der Waals surface area contributed by atoms with Gasteiger partial charge in [0.25, 0.3) is 5.91 Å². The quantitative estimate of drug-likeness (QED) is 0.625. The van der Waals surface area contributed by atoms with Gasteiger partial charge in [-0.1, -0.05) is 0 Å². The molecular formula is C22H29F3N6O5. The summed E-state index contributed by atoms with van der Waals surface area (Å²) in [6.07, 6.45) is -4.77. The number of anilines is 2. The molecule has 3 aliphatic rings. The zero-order valence-corrected chi connectivity index (χ0v) is 19.9. The SMILES string of the molecule is CN1CCN(C(=O)N2CCN(c3ccc(N4CC(CNC(=O)C(F)F)OC4=O)cc3F)CCO2)CC1. The van der Waals surface area contributed by atoms with E-state index in [0.29, 0.717) is 31.9 Å². The highest BCUT2D eigenvalue weighted by Crippen LogP contribution is 2.28. The van der Waals surface area contributed by atoms with Crippen LogP contribution in [0.1, 0.15) is 0 Å². The van der Waals surface area contributed by atoms with Crippen LogP contribution in [0.15, 0.2) is 18.2 Å². The molecule has 1 aromatic carbocycles. The second kappa shape index (κ2) is 11.2. The van der Waals surface area contributed by atoms with Gasteiger partial charge in [-0.25, -0.2) is 19.0 Å². The molecule has 0 bridgehead atoms. The number of carbonyl (C=O) groups excluding carboxylic acids is 3. The van der Waals surface area contributed by atoms with Crippen molar-refractivity contribution >= 4 is 29.4 Å². The zero-order chi connectivity index (χ0) is 25.8. The number of alkyl halides is 2. The van der Waals surface area contributed by atoms with Gasteiger partial charge in [0.2, 0.25) is 0 Å².